The second-order valence-corrected chi connectivity index (χ2v) is 8.45. The molecule has 0 atom stereocenters. The summed E-state index contributed by atoms with van der Waals surface area (Å²) in [6.07, 6.45) is 3.58. The Kier molecular flexibility index (Phi) is 4.20. The summed E-state index contributed by atoms with van der Waals surface area (Å²) in [7, 11) is -0.469. The summed E-state index contributed by atoms with van der Waals surface area (Å²) in [5.41, 5.74) is 1.77. The first-order chi connectivity index (χ1) is 12.9. The summed E-state index contributed by atoms with van der Waals surface area (Å²) < 4.78 is 27.5. The number of aryl methyl sites for hydroxylation is 1. The summed E-state index contributed by atoms with van der Waals surface area (Å²) in [4.78, 5) is 21.7. The van der Waals surface area contributed by atoms with Gasteiger partial charge in [0.1, 0.15) is 11.2 Å². The summed E-state index contributed by atoms with van der Waals surface area (Å²) in [6.45, 7) is 0. The van der Waals surface area contributed by atoms with Gasteiger partial charge in [-0.25, -0.2) is 23.1 Å². The van der Waals surface area contributed by atoms with E-state index in [1.807, 2.05) is 0 Å². The third-order valence-electron chi connectivity index (χ3n) is 4.55. The number of rotatable bonds is 5. The van der Waals surface area contributed by atoms with Crippen LogP contribution in [0.2, 0.25) is 0 Å². The first kappa shape index (κ1) is 17.6. The Labute approximate surface area is 156 Å². The van der Waals surface area contributed by atoms with Crippen LogP contribution in [-0.4, -0.2) is 36.0 Å². The molecule has 0 amide bonds. The number of sulfonamides is 1. The van der Waals surface area contributed by atoms with Crippen LogP contribution < -0.4 is 15.6 Å². The van der Waals surface area contributed by atoms with E-state index in [-0.39, 0.29) is 10.5 Å². The lowest BCUT2D eigenvalue weighted by molar-refractivity contribution is 0.588. The number of nitrogens with zero attached hydrogens (tertiary/aromatic N) is 3. The molecule has 140 valence electrons. The van der Waals surface area contributed by atoms with Crippen molar-refractivity contribution in [1.29, 1.82) is 0 Å². The van der Waals surface area contributed by atoms with E-state index in [1.165, 1.54) is 30.1 Å². The highest BCUT2D eigenvalue weighted by molar-refractivity contribution is 7.89. The Morgan fingerprint density at radius 1 is 1.19 bits per heavy atom. The molecule has 1 fully saturated rings. The number of anilines is 1. The van der Waals surface area contributed by atoms with E-state index in [0.29, 0.717) is 28.5 Å². The molecule has 1 saturated carbocycles. The largest absolute Gasteiger partial charge is 0.367 e. The highest BCUT2D eigenvalue weighted by Gasteiger charge is 2.24. The average Bonchev–Trinajstić information content (AvgIpc) is 3.48. The molecule has 4 rings (SSSR count). The molecule has 0 unspecified atom stereocenters. The molecule has 2 heterocycles. The summed E-state index contributed by atoms with van der Waals surface area (Å²) in [6, 6.07) is 8.51. The lowest BCUT2D eigenvalue weighted by atomic mass is 10.1. The minimum absolute atomic E-state index is 0.155. The first-order valence-corrected chi connectivity index (χ1v) is 10.0. The van der Waals surface area contributed by atoms with E-state index in [2.05, 4.69) is 20.0 Å². The lowest BCUT2D eigenvalue weighted by Gasteiger charge is -2.11. The Bertz CT molecular complexity index is 1180. The van der Waals surface area contributed by atoms with Crippen LogP contribution in [-0.2, 0) is 17.1 Å². The minimum Gasteiger partial charge on any atom is -0.367 e. The van der Waals surface area contributed by atoms with Crippen molar-refractivity contribution in [2.75, 3.05) is 12.4 Å². The first-order valence-electron chi connectivity index (χ1n) is 8.56. The molecular weight excluding hydrogens is 366 g/mol. The maximum Gasteiger partial charge on any atom is 0.264 e. The monoisotopic (exact) mass is 385 g/mol. The molecule has 9 heteroatoms. The van der Waals surface area contributed by atoms with Gasteiger partial charge in [-0.2, -0.15) is 0 Å². The molecular formula is C18H19N5O3S. The van der Waals surface area contributed by atoms with E-state index in [9.17, 15) is 13.2 Å². The third-order valence-corrected chi connectivity index (χ3v) is 5.98. The van der Waals surface area contributed by atoms with Gasteiger partial charge in [-0.15, -0.1) is 0 Å². The Morgan fingerprint density at radius 2 is 1.89 bits per heavy atom. The minimum atomic E-state index is -3.50. The quantitative estimate of drug-likeness (QED) is 0.689. The Hall–Kier alpha value is -2.78. The second-order valence-electron chi connectivity index (χ2n) is 6.56. The molecule has 1 aliphatic rings. The van der Waals surface area contributed by atoms with Gasteiger partial charge in [0, 0.05) is 18.7 Å². The molecule has 0 radical (unpaired) electrons. The van der Waals surface area contributed by atoms with Gasteiger partial charge < -0.3 is 9.88 Å². The summed E-state index contributed by atoms with van der Waals surface area (Å²) in [5, 5.41) is 3.77. The fourth-order valence-electron chi connectivity index (χ4n) is 2.82. The number of benzene rings is 1. The number of hydrogen-bond donors (Lipinski definition) is 2. The van der Waals surface area contributed by atoms with Crippen LogP contribution >= 0.6 is 0 Å². The van der Waals surface area contributed by atoms with Gasteiger partial charge in [0.2, 0.25) is 10.0 Å². The molecule has 0 bridgehead atoms. The second kappa shape index (κ2) is 6.43. The van der Waals surface area contributed by atoms with Crippen molar-refractivity contribution in [3.05, 3.63) is 47.0 Å². The van der Waals surface area contributed by atoms with Crippen molar-refractivity contribution in [2.45, 2.75) is 23.8 Å². The van der Waals surface area contributed by atoms with E-state index >= 15 is 0 Å². The molecule has 0 spiro atoms. The number of aromatic nitrogens is 3. The maximum atomic E-state index is 12.6. The number of pyridine rings is 1. The zero-order chi connectivity index (χ0) is 19.2. The van der Waals surface area contributed by atoms with Crippen LogP contribution in [0, 0.1) is 0 Å². The molecule has 2 aromatic heterocycles. The predicted molar refractivity (Wildman–Crippen MR) is 103 cm³/mol. The van der Waals surface area contributed by atoms with Crippen LogP contribution in [0.1, 0.15) is 12.8 Å². The molecule has 27 heavy (non-hydrogen) atoms. The van der Waals surface area contributed by atoms with E-state index < -0.39 is 10.0 Å². The Morgan fingerprint density at radius 3 is 2.52 bits per heavy atom. The molecule has 1 aromatic carbocycles. The van der Waals surface area contributed by atoms with Crippen molar-refractivity contribution in [3.63, 3.8) is 0 Å². The van der Waals surface area contributed by atoms with E-state index in [1.54, 1.807) is 25.2 Å². The highest BCUT2D eigenvalue weighted by Crippen LogP contribution is 2.30. The zero-order valence-corrected chi connectivity index (χ0v) is 15.7. The van der Waals surface area contributed by atoms with Crippen LogP contribution in [0.15, 0.2) is 46.3 Å². The molecule has 8 nitrogen and oxygen atoms in total. The molecule has 0 aliphatic heterocycles. The van der Waals surface area contributed by atoms with Gasteiger partial charge in [0.15, 0.2) is 0 Å². The van der Waals surface area contributed by atoms with Gasteiger partial charge >= 0.3 is 0 Å². The van der Waals surface area contributed by atoms with Gasteiger partial charge in [-0.05, 0) is 38.1 Å². The van der Waals surface area contributed by atoms with Gasteiger partial charge in [0.25, 0.3) is 5.56 Å². The van der Waals surface area contributed by atoms with Gasteiger partial charge in [-0.1, -0.05) is 12.1 Å². The van der Waals surface area contributed by atoms with Crippen LogP contribution in [0.5, 0.6) is 0 Å². The number of fused-ring (bicyclic) bond motifs is 1. The van der Waals surface area contributed by atoms with Gasteiger partial charge in [0.05, 0.1) is 22.4 Å². The summed E-state index contributed by atoms with van der Waals surface area (Å²) in [5.74, 6) is 0.519. The SMILES string of the molecule is CNS(=O)(=O)c1ccc(-c2cc3ncn(C)c(=O)c3c(NC3CC3)n2)cc1. The van der Waals surface area contributed by atoms with Crippen molar-refractivity contribution < 1.29 is 8.42 Å². The van der Waals surface area contributed by atoms with Crippen LogP contribution in [0.3, 0.4) is 0 Å². The zero-order valence-electron chi connectivity index (χ0n) is 14.9. The van der Waals surface area contributed by atoms with Crippen molar-refractivity contribution in [1.82, 2.24) is 19.3 Å². The van der Waals surface area contributed by atoms with E-state index in [0.717, 1.165) is 18.4 Å². The fraction of sp³-hybridized carbons (Fsp3) is 0.278. The molecule has 0 saturated heterocycles. The maximum absolute atomic E-state index is 12.6. The van der Waals surface area contributed by atoms with Crippen molar-refractivity contribution in [2.24, 2.45) is 7.05 Å². The predicted octanol–water partition coefficient (Wildman–Crippen LogP) is 1.48. The molecule has 2 N–H and O–H groups in total. The van der Waals surface area contributed by atoms with Crippen molar-refractivity contribution >= 4 is 26.7 Å². The normalized spacial score (nSPS) is 14.4. The topological polar surface area (TPSA) is 106 Å². The average molecular weight is 385 g/mol. The van der Waals surface area contributed by atoms with Crippen LogP contribution in [0.25, 0.3) is 22.2 Å². The van der Waals surface area contributed by atoms with Gasteiger partial charge in [-0.3, -0.25) is 4.79 Å². The highest BCUT2D eigenvalue weighted by atomic mass is 32.2. The Balaban J connectivity index is 1.85. The fourth-order valence-corrected chi connectivity index (χ4v) is 3.55. The molecule has 3 aromatic rings. The standard InChI is InChI=1S/C18H19N5O3S/c1-19-27(25,26)13-7-3-11(4-8-13)14-9-15-16(18(24)23(2)10-20-15)17(22-14)21-12-5-6-12/h3-4,7-10,12,19H,5-6H2,1-2H3,(H,21,22). The van der Waals surface area contributed by atoms with E-state index in [4.69, 9.17) is 0 Å². The number of hydrogen-bond acceptors (Lipinski definition) is 6. The number of nitrogens with one attached hydrogen (secondary N) is 2. The molecule has 1 aliphatic carbocycles. The van der Waals surface area contributed by atoms with Crippen LogP contribution in [0.4, 0.5) is 5.82 Å². The smallest absolute Gasteiger partial charge is 0.264 e. The third kappa shape index (κ3) is 3.31. The lowest BCUT2D eigenvalue weighted by Crippen LogP contribution is -2.19. The van der Waals surface area contributed by atoms with Crippen molar-refractivity contribution in [3.8, 4) is 11.3 Å². The summed E-state index contributed by atoms with van der Waals surface area (Å²) >= 11 is 0.